The van der Waals surface area contributed by atoms with Gasteiger partial charge in [0.25, 0.3) is 5.91 Å². The first-order valence-corrected chi connectivity index (χ1v) is 5.58. The fourth-order valence-electron chi connectivity index (χ4n) is 1.55. The van der Waals surface area contributed by atoms with Crippen molar-refractivity contribution >= 4 is 11.6 Å². The van der Waals surface area contributed by atoms with E-state index in [1.807, 2.05) is 13.2 Å². The van der Waals surface area contributed by atoms with Gasteiger partial charge in [-0.15, -0.1) is 0 Å². The van der Waals surface area contributed by atoms with Crippen molar-refractivity contribution in [2.75, 3.05) is 12.4 Å². The molecule has 0 saturated carbocycles. The number of aromatic nitrogens is 3. The number of anilines is 1. The molecule has 94 valence electrons. The second-order valence-electron chi connectivity index (χ2n) is 3.88. The summed E-state index contributed by atoms with van der Waals surface area (Å²) >= 11 is 0. The molecule has 2 aromatic rings. The molecule has 0 atom stereocenters. The maximum absolute atomic E-state index is 11.9. The summed E-state index contributed by atoms with van der Waals surface area (Å²) in [6.45, 7) is 0.443. The fraction of sp³-hybridized carbons (Fsp3) is 0.250. The number of hydrogen-bond donors (Lipinski definition) is 2. The number of nitrogens with one attached hydrogen (secondary N) is 2. The highest BCUT2D eigenvalue weighted by molar-refractivity contribution is 5.93. The molecular weight excluding hydrogens is 230 g/mol. The van der Waals surface area contributed by atoms with Gasteiger partial charge in [-0.2, -0.15) is 5.10 Å². The Balaban J connectivity index is 1.99. The fourth-order valence-corrected chi connectivity index (χ4v) is 1.55. The van der Waals surface area contributed by atoms with Gasteiger partial charge in [-0.3, -0.25) is 14.5 Å². The van der Waals surface area contributed by atoms with Crippen molar-refractivity contribution in [3.63, 3.8) is 0 Å². The molecular formula is C12H15N5O. The first kappa shape index (κ1) is 12.1. The highest BCUT2D eigenvalue weighted by Gasteiger charge is 2.07. The van der Waals surface area contributed by atoms with E-state index >= 15 is 0 Å². The molecule has 6 nitrogen and oxygen atoms in total. The minimum atomic E-state index is -0.198. The van der Waals surface area contributed by atoms with E-state index in [1.54, 1.807) is 36.3 Å². The van der Waals surface area contributed by atoms with Gasteiger partial charge in [0.1, 0.15) is 5.69 Å². The van der Waals surface area contributed by atoms with Crippen LogP contribution >= 0.6 is 0 Å². The van der Waals surface area contributed by atoms with Crippen LogP contribution in [0, 0.1) is 0 Å². The first-order chi connectivity index (χ1) is 8.69. The van der Waals surface area contributed by atoms with Crippen LogP contribution < -0.4 is 10.6 Å². The van der Waals surface area contributed by atoms with Crippen molar-refractivity contribution in [2.45, 2.75) is 6.54 Å². The second-order valence-corrected chi connectivity index (χ2v) is 3.88. The van der Waals surface area contributed by atoms with E-state index in [4.69, 9.17) is 0 Å². The van der Waals surface area contributed by atoms with Gasteiger partial charge in [0, 0.05) is 44.3 Å². The van der Waals surface area contributed by atoms with Crippen molar-refractivity contribution in [1.82, 2.24) is 20.1 Å². The number of hydrogen-bond acceptors (Lipinski definition) is 4. The molecule has 1 amide bonds. The third-order valence-corrected chi connectivity index (χ3v) is 2.49. The van der Waals surface area contributed by atoms with Crippen LogP contribution in [0.1, 0.15) is 16.1 Å². The Labute approximate surface area is 105 Å². The molecule has 0 saturated heterocycles. The smallest absolute Gasteiger partial charge is 0.270 e. The predicted octanol–water partition coefficient (Wildman–Crippen LogP) is 0.787. The lowest BCUT2D eigenvalue weighted by atomic mass is 10.3. The number of aryl methyl sites for hydroxylation is 1. The SMILES string of the molecule is CNc1ccnc(C(=O)NCc2cnn(C)c2)c1. The Bertz CT molecular complexity index is 549. The average molecular weight is 245 g/mol. The lowest BCUT2D eigenvalue weighted by Gasteiger charge is -2.04. The van der Waals surface area contributed by atoms with E-state index in [1.165, 1.54) is 0 Å². The quantitative estimate of drug-likeness (QED) is 0.835. The molecule has 2 heterocycles. The molecule has 0 aliphatic carbocycles. The van der Waals surface area contributed by atoms with E-state index in [0.29, 0.717) is 12.2 Å². The summed E-state index contributed by atoms with van der Waals surface area (Å²) in [5.41, 5.74) is 2.21. The molecule has 0 aliphatic heterocycles. The Morgan fingerprint density at radius 2 is 2.33 bits per heavy atom. The first-order valence-electron chi connectivity index (χ1n) is 5.58. The number of nitrogens with zero attached hydrogens (tertiary/aromatic N) is 3. The normalized spacial score (nSPS) is 10.1. The molecule has 6 heteroatoms. The molecule has 0 aliphatic rings. The number of pyridine rings is 1. The van der Waals surface area contributed by atoms with Gasteiger partial charge in [0.2, 0.25) is 0 Å². The van der Waals surface area contributed by atoms with Crippen molar-refractivity contribution in [1.29, 1.82) is 0 Å². The number of carbonyl (C=O) groups is 1. The van der Waals surface area contributed by atoms with Crippen LogP contribution in [0.25, 0.3) is 0 Å². The third kappa shape index (κ3) is 2.85. The van der Waals surface area contributed by atoms with Crippen molar-refractivity contribution in [3.05, 3.63) is 42.0 Å². The van der Waals surface area contributed by atoms with Crippen LogP contribution in [0.3, 0.4) is 0 Å². The topological polar surface area (TPSA) is 71.8 Å². The molecule has 2 N–H and O–H groups in total. The summed E-state index contributed by atoms with van der Waals surface area (Å²) in [5, 5.41) is 9.80. The van der Waals surface area contributed by atoms with Crippen LogP contribution in [0.5, 0.6) is 0 Å². The monoisotopic (exact) mass is 245 g/mol. The van der Waals surface area contributed by atoms with Gasteiger partial charge in [0.15, 0.2) is 0 Å². The van der Waals surface area contributed by atoms with E-state index in [2.05, 4.69) is 20.7 Å². The van der Waals surface area contributed by atoms with E-state index in [-0.39, 0.29) is 5.91 Å². The summed E-state index contributed by atoms with van der Waals surface area (Å²) in [6.07, 6.45) is 5.18. The maximum Gasteiger partial charge on any atom is 0.270 e. The summed E-state index contributed by atoms with van der Waals surface area (Å²) in [5.74, 6) is -0.198. The standard InChI is InChI=1S/C12H15N5O/c1-13-10-3-4-14-11(5-10)12(18)15-6-9-7-16-17(2)8-9/h3-5,7-8H,6H2,1-2H3,(H,13,14)(H,15,18). The lowest BCUT2D eigenvalue weighted by Crippen LogP contribution is -2.23. The zero-order chi connectivity index (χ0) is 13.0. The lowest BCUT2D eigenvalue weighted by molar-refractivity contribution is 0.0946. The van der Waals surface area contributed by atoms with E-state index in [0.717, 1.165) is 11.3 Å². The summed E-state index contributed by atoms with van der Waals surface area (Å²) < 4.78 is 1.70. The number of rotatable bonds is 4. The van der Waals surface area contributed by atoms with Crippen molar-refractivity contribution in [3.8, 4) is 0 Å². The van der Waals surface area contributed by atoms with E-state index in [9.17, 15) is 4.79 Å². The predicted molar refractivity (Wildman–Crippen MR) is 68.2 cm³/mol. The highest BCUT2D eigenvalue weighted by Crippen LogP contribution is 2.06. The average Bonchev–Trinajstić information content (AvgIpc) is 2.82. The molecule has 18 heavy (non-hydrogen) atoms. The Kier molecular flexibility index (Phi) is 3.57. The van der Waals surface area contributed by atoms with Crippen molar-refractivity contribution < 1.29 is 4.79 Å². The molecule has 0 radical (unpaired) electrons. The van der Waals surface area contributed by atoms with Gasteiger partial charge in [-0.05, 0) is 12.1 Å². The third-order valence-electron chi connectivity index (χ3n) is 2.49. The van der Waals surface area contributed by atoms with Gasteiger partial charge in [-0.1, -0.05) is 0 Å². The Morgan fingerprint density at radius 1 is 1.50 bits per heavy atom. The van der Waals surface area contributed by atoms with Gasteiger partial charge in [0.05, 0.1) is 6.20 Å². The van der Waals surface area contributed by atoms with Gasteiger partial charge in [-0.25, -0.2) is 0 Å². The minimum absolute atomic E-state index is 0.198. The molecule has 0 bridgehead atoms. The zero-order valence-corrected chi connectivity index (χ0v) is 10.3. The van der Waals surface area contributed by atoms with Gasteiger partial charge >= 0.3 is 0 Å². The highest BCUT2D eigenvalue weighted by atomic mass is 16.1. The second kappa shape index (κ2) is 5.31. The largest absolute Gasteiger partial charge is 0.388 e. The van der Waals surface area contributed by atoms with Crippen molar-refractivity contribution in [2.24, 2.45) is 7.05 Å². The minimum Gasteiger partial charge on any atom is -0.388 e. The van der Waals surface area contributed by atoms with Gasteiger partial charge < -0.3 is 10.6 Å². The molecule has 2 rings (SSSR count). The van der Waals surface area contributed by atoms with E-state index < -0.39 is 0 Å². The molecule has 0 spiro atoms. The van der Waals surface area contributed by atoms with Crippen LogP contribution in [0.15, 0.2) is 30.7 Å². The number of amides is 1. The Hall–Kier alpha value is -2.37. The zero-order valence-electron chi connectivity index (χ0n) is 10.3. The summed E-state index contributed by atoms with van der Waals surface area (Å²) in [7, 11) is 3.63. The van der Waals surface area contributed by atoms with Crippen LogP contribution in [-0.4, -0.2) is 27.7 Å². The molecule has 2 aromatic heterocycles. The molecule has 0 aromatic carbocycles. The van der Waals surface area contributed by atoms with Crippen LogP contribution in [0.4, 0.5) is 5.69 Å². The maximum atomic E-state index is 11.9. The Morgan fingerprint density at radius 3 is 3.00 bits per heavy atom. The summed E-state index contributed by atoms with van der Waals surface area (Å²) in [6, 6.07) is 3.51. The molecule has 0 fully saturated rings. The molecule has 0 unspecified atom stereocenters. The number of carbonyl (C=O) groups excluding carboxylic acids is 1. The van der Waals surface area contributed by atoms with Crippen LogP contribution in [-0.2, 0) is 13.6 Å². The summed E-state index contributed by atoms with van der Waals surface area (Å²) in [4.78, 5) is 15.9. The van der Waals surface area contributed by atoms with Crippen LogP contribution in [0.2, 0.25) is 0 Å².